The van der Waals surface area contributed by atoms with Gasteiger partial charge in [-0.1, -0.05) is 23.2 Å². The van der Waals surface area contributed by atoms with Crippen molar-refractivity contribution < 1.29 is 22.8 Å². The monoisotopic (exact) mass is 416 g/mol. The van der Waals surface area contributed by atoms with Crippen LogP contribution in [0.15, 0.2) is 42.5 Å². The molecule has 0 spiro atoms. The highest BCUT2D eigenvalue weighted by Gasteiger charge is 2.38. The first-order chi connectivity index (χ1) is 12.6. The average molecular weight is 417 g/mol. The minimum Gasteiger partial charge on any atom is -0.325 e. The summed E-state index contributed by atoms with van der Waals surface area (Å²) in [7, 11) is 0. The predicted molar refractivity (Wildman–Crippen MR) is 97.0 cm³/mol. The van der Waals surface area contributed by atoms with Crippen LogP contribution in [0.5, 0.6) is 0 Å². The zero-order valence-corrected chi connectivity index (χ0v) is 15.2. The average Bonchev–Trinajstić information content (AvgIpc) is 2.98. The molecule has 2 aromatic carbocycles. The van der Waals surface area contributed by atoms with Crippen LogP contribution < -0.4 is 10.2 Å². The second-order valence-corrected chi connectivity index (χ2v) is 6.93. The molecule has 1 heterocycles. The van der Waals surface area contributed by atoms with E-state index in [2.05, 4.69) is 5.32 Å². The summed E-state index contributed by atoms with van der Waals surface area (Å²) in [5.41, 5.74) is -0.862. The molecule has 0 radical (unpaired) electrons. The van der Waals surface area contributed by atoms with E-state index in [0.717, 1.165) is 12.1 Å². The maximum Gasteiger partial charge on any atom is 0.418 e. The maximum absolute atomic E-state index is 13.2. The van der Waals surface area contributed by atoms with E-state index in [1.165, 1.54) is 11.0 Å². The van der Waals surface area contributed by atoms with Gasteiger partial charge in [0.15, 0.2) is 0 Å². The molecular formula is C18H13Cl2F3N2O2. The summed E-state index contributed by atoms with van der Waals surface area (Å²) in [6.07, 6.45) is -4.77. The summed E-state index contributed by atoms with van der Waals surface area (Å²) in [6.45, 7) is 0.0707. The normalized spacial score (nSPS) is 17.3. The number of nitrogens with zero attached hydrogens (tertiary/aromatic N) is 1. The van der Waals surface area contributed by atoms with Crippen LogP contribution in [-0.2, 0) is 15.8 Å². The molecule has 1 unspecified atom stereocenters. The molecule has 3 rings (SSSR count). The fourth-order valence-electron chi connectivity index (χ4n) is 2.85. The molecule has 0 aromatic heterocycles. The Morgan fingerprint density at radius 2 is 1.70 bits per heavy atom. The first-order valence-corrected chi connectivity index (χ1v) is 8.64. The first kappa shape index (κ1) is 19.5. The predicted octanol–water partition coefficient (Wildman–Crippen LogP) is 5.00. The number of amides is 2. The van der Waals surface area contributed by atoms with Gasteiger partial charge in [0.1, 0.15) is 0 Å². The zero-order valence-electron chi connectivity index (χ0n) is 13.7. The van der Waals surface area contributed by atoms with Crippen LogP contribution in [0.3, 0.4) is 0 Å². The number of hydrogen-bond donors (Lipinski definition) is 1. The Morgan fingerprint density at radius 3 is 2.33 bits per heavy atom. The zero-order chi connectivity index (χ0) is 19.8. The van der Waals surface area contributed by atoms with Crippen LogP contribution >= 0.6 is 23.2 Å². The van der Waals surface area contributed by atoms with Crippen molar-refractivity contribution in [1.82, 2.24) is 0 Å². The topological polar surface area (TPSA) is 49.4 Å². The number of carbonyl (C=O) groups is 2. The van der Waals surface area contributed by atoms with E-state index in [1.807, 2.05) is 0 Å². The Kier molecular flexibility index (Phi) is 5.35. The summed E-state index contributed by atoms with van der Waals surface area (Å²) in [4.78, 5) is 26.1. The third-order valence-corrected chi connectivity index (χ3v) is 4.67. The number of carbonyl (C=O) groups excluding carboxylic acids is 2. The highest BCUT2D eigenvalue weighted by Crippen LogP contribution is 2.37. The fourth-order valence-corrected chi connectivity index (χ4v) is 3.15. The molecule has 1 aliphatic rings. The van der Waals surface area contributed by atoms with Gasteiger partial charge in [0.2, 0.25) is 11.8 Å². The minimum absolute atomic E-state index is 0.0707. The van der Waals surface area contributed by atoms with Crippen molar-refractivity contribution in [1.29, 1.82) is 0 Å². The van der Waals surface area contributed by atoms with Crippen LogP contribution in [0.2, 0.25) is 10.0 Å². The van der Waals surface area contributed by atoms with Crippen LogP contribution in [0.1, 0.15) is 12.0 Å². The van der Waals surface area contributed by atoms with Gasteiger partial charge < -0.3 is 10.2 Å². The molecule has 9 heteroatoms. The number of hydrogen-bond acceptors (Lipinski definition) is 2. The Hall–Kier alpha value is -2.25. The number of benzene rings is 2. The van der Waals surface area contributed by atoms with Crippen molar-refractivity contribution in [3.63, 3.8) is 0 Å². The second-order valence-electron chi connectivity index (χ2n) is 6.06. The molecule has 2 amide bonds. The Labute approximate surface area is 162 Å². The molecule has 1 atom stereocenters. The fraction of sp³-hybridized carbons (Fsp3) is 0.222. The smallest absolute Gasteiger partial charge is 0.325 e. The Balaban J connectivity index is 1.76. The van der Waals surface area contributed by atoms with Gasteiger partial charge in [-0.3, -0.25) is 9.59 Å². The maximum atomic E-state index is 13.2. The van der Waals surface area contributed by atoms with Crippen LogP contribution in [-0.4, -0.2) is 18.4 Å². The molecule has 0 bridgehead atoms. The number of halogens is 5. The largest absolute Gasteiger partial charge is 0.418 e. The quantitative estimate of drug-likeness (QED) is 0.764. The Morgan fingerprint density at radius 1 is 1.07 bits per heavy atom. The molecule has 0 saturated carbocycles. The third-order valence-electron chi connectivity index (χ3n) is 4.18. The van der Waals surface area contributed by atoms with Crippen molar-refractivity contribution in [3.8, 4) is 0 Å². The molecule has 4 nitrogen and oxygen atoms in total. The van der Waals surface area contributed by atoms with E-state index in [0.29, 0.717) is 10.7 Å². The van der Waals surface area contributed by atoms with Crippen LogP contribution in [0.25, 0.3) is 0 Å². The van der Waals surface area contributed by atoms with Gasteiger partial charge in [0.25, 0.3) is 0 Å². The standard InChI is InChI=1S/C18H13Cl2F3N2O2/c19-11-1-4-13(5-2-11)25-9-10(7-16(25)26)17(27)24-15-6-3-12(20)8-14(15)18(21,22)23/h1-6,8,10H,7,9H2,(H,24,27). The molecule has 1 N–H and O–H groups in total. The highest BCUT2D eigenvalue weighted by atomic mass is 35.5. The number of alkyl halides is 3. The lowest BCUT2D eigenvalue weighted by Crippen LogP contribution is -2.28. The lowest BCUT2D eigenvalue weighted by Gasteiger charge is -2.18. The molecule has 0 aliphatic carbocycles. The molecule has 27 heavy (non-hydrogen) atoms. The lowest BCUT2D eigenvalue weighted by atomic mass is 10.1. The van der Waals surface area contributed by atoms with Gasteiger partial charge in [-0.2, -0.15) is 13.2 Å². The van der Waals surface area contributed by atoms with Gasteiger partial charge in [-0.15, -0.1) is 0 Å². The number of anilines is 2. The minimum atomic E-state index is -4.67. The van der Waals surface area contributed by atoms with Gasteiger partial charge in [-0.05, 0) is 42.5 Å². The van der Waals surface area contributed by atoms with Crippen molar-refractivity contribution >= 4 is 46.4 Å². The van der Waals surface area contributed by atoms with Gasteiger partial charge in [0, 0.05) is 28.7 Å². The van der Waals surface area contributed by atoms with Crippen molar-refractivity contribution in [2.75, 3.05) is 16.8 Å². The lowest BCUT2D eigenvalue weighted by molar-refractivity contribution is -0.137. The molecule has 1 fully saturated rings. The summed E-state index contributed by atoms with van der Waals surface area (Å²) >= 11 is 11.4. The van der Waals surface area contributed by atoms with Gasteiger partial charge >= 0.3 is 6.18 Å². The van der Waals surface area contributed by atoms with Gasteiger partial charge in [0.05, 0.1) is 17.2 Å². The SMILES string of the molecule is O=C(Nc1ccc(Cl)cc1C(F)(F)F)C1CC(=O)N(c2ccc(Cl)cc2)C1. The van der Waals surface area contributed by atoms with E-state index in [1.54, 1.807) is 24.3 Å². The number of nitrogens with one attached hydrogen (secondary N) is 1. The van der Waals surface area contributed by atoms with Crippen molar-refractivity contribution in [2.45, 2.75) is 12.6 Å². The molecule has 1 aliphatic heterocycles. The van der Waals surface area contributed by atoms with Crippen LogP contribution in [0.4, 0.5) is 24.5 Å². The third kappa shape index (κ3) is 4.36. The van der Waals surface area contributed by atoms with Crippen LogP contribution in [0, 0.1) is 5.92 Å². The molecule has 2 aromatic rings. The summed E-state index contributed by atoms with van der Waals surface area (Å²) in [5, 5.41) is 2.68. The first-order valence-electron chi connectivity index (χ1n) is 7.88. The second kappa shape index (κ2) is 7.40. The Bertz CT molecular complexity index is 885. The van der Waals surface area contributed by atoms with Gasteiger partial charge in [-0.25, -0.2) is 0 Å². The summed E-state index contributed by atoms with van der Waals surface area (Å²) in [5.74, 6) is -1.72. The molecular weight excluding hydrogens is 404 g/mol. The van der Waals surface area contributed by atoms with E-state index < -0.39 is 29.3 Å². The molecule has 1 saturated heterocycles. The highest BCUT2D eigenvalue weighted by molar-refractivity contribution is 6.31. The molecule has 142 valence electrons. The van der Waals surface area contributed by atoms with E-state index >= 15 is 0 Å². The summed E-state index contributed by atoms with van der Waals surface area (Å²) in [6, 6.07) is 9.60. The van der Waals surface area contributed by atoms with E-state index in [9.17, 15) is 22.8 Å². The van der Waals surface area contributed by atoms with E-state index in [4.69, 9.17) is 23.2 Å². The van der Waals surface area contributed by atoms with Crippen molar-refractivity contribution in [3.05, 3.63) is 58.1 Å². The van der Waals surface area contributed by atoms with E-state index in [-0.39, 0.29) is 23.9 Å². The van der Waals surface area contributed by atoms with Crippen molar-refractivity contribution in [2.24, 2.45) is 5.92 Å². The number of rotatable bonds is 3. The summed E-state index contributed by atoms with van der Waals surface area (Å²) < 4.78 is 39.5.